The Labute approximate surface area is 128 Å². The van der Waals surface area contributed by atoms with E-state index in [4.69, 9.17) is 0 Å². The van der Waals surface area contributed by atoms with Crippen molar-refractivity contribution in [2.24, 2.45) is 0 Å². The SMILES string of the molecule is C[C@@H](F)c1ccc(F)c(F)c1C(=O)Nc1ccc(Br)cc1. The molecule has 2 rings (SSSR count). The molecule has 0 fully saturated rings. The number of alkyl halides is 1. The first-order valence-electron chi connectivity index (χ1n) is 6.09. The first-order chi connectivity index (χ1) is 9.90. The van der Waals surface area contributed by atoms with Crippen molar-refractivity contribution in [2.75, 3.05) is 5.32 Å². The highest BCUT2D eigenvalue weighted by atomic mass is 79.9. The number of halogens is 4. The summed E-state index contributed by atoms with van der Waals surface area (Å²) in [6.07, 6.45) is -1.59. The molecule has 0 heterocycles. The zero-order chi connectivity index (χ0) is 15.6. The summed E-state index contributed by atoms with van der Waals surface area (Å²) in [5.41, 5.74) is -0.416. The lowest BCUT2D eigenvalue weighted by Crippen LogP contribution is -2.17. The van der Waals surface area contributed by atoms with Crippen molar-refractivity contribution in [3.05, 3.63) is 63.6 Å². The Hall–Kier alpha value is -1.82. The first kappa shape index (κ1) is 15.6. The van der Waals surface area contributed by atoms with Crippen molar-refractivity contribution in [3.63, 3.8) is 0 Å². The fourth-order valence-electron chi connectivity index (χ4n) is 1.85. The molecule has 0 unspecified atom stereocenters. The van der Waals surface area contributed by atoms with E-state index < -0.39 is 29.3 Å². The summed E-state index contributed by atoms with van der Waals surface area (Å²) < 4.78 is 41.4. The smallest absolute Gasteiger partial charge is 0.259 e. The average molecular weight is 358 g/mol. The lowest BCUT2D eigenvalue weighted by atomic mass is 10.0. The van der Waals surface area contributed by atoms with Gasteiger partial charge in [0.2, 0.25) is 0 Å². The predicted octanol–water partition coefficient (Wildman–Crippen LogP) is 5.01. The number of rotatable bonds is 3. The molecule has 0 bridgehead atoms. The van der Waals surface area contributed by atoms with Gasteiger partial charge < -0.3 is 5.32 Å². The summed E-state index contributed by atoms with van der Waals surface area (Å²) >= 11 is 3.24. The molecule has 110 valence electrons. The highest BCUT2D eigenvalue weighted by Gasteiger charge is 2.23. The van der Waals surface area contributed by atoms with Crippen LogP contribution in [0.3, 0.4) is 0 Å². The number of hydrogen-bond acceptors (Lipinski definition) is 1. The molecular formula is C15H11BrF3NO. The largest absolute Gasteiger partial charge is 0.322 e. The molecule has 2 nitrogen and oxygen atoms in total. The molecule has 2 aromatic carbocycles. The monoisotopic (exact) mass is 357 g/mol. The van der Waals surface area contributed by atoms with Crippen LogP contribution in [0.15, 0.2) is 40.9 Å². The van der Waals surface area contributed by atoms with Crippen molar-refractivity contribution in [1.82, 2.24) is 0 Å². The topological polar surface area (TPSA) is 29.1 Å². The van der Waals surface area contributed by atoms with Crippen LogP contribution in [0.1, 0.15) is 29.0 Å². The lowest BCUT2D eigenvalue weighted by molar-refractivity contribution is 0.101. The van der Waals surface area contributed by atoms with Crippen molar-refractivity contribution in [1.29, 1.82) is 0 Å². The molecule has 0 aromatic heterocycles. The van der Waals surface area contributed by atoms with Crippen LogP contribution < -0.4 is 5.32 Å². The molecule has 0 saturated heterocycles. The second kappa shape index (κ2) is 6.30. The van der Waals surface area contributed by atoms with Gasteiger partial charge in [0, 0.05) is 15.7 Å². The Bertz CT molecular complexity index is 671. The van der Waals surface area contributed by atoms with Crippen LogP contribution >= 0.6 is 15.9 Å². The van der Waals surface area contributed by atoms with Crippen LogP contribution in [0.2, 0.25) is 0 Å². The summed E-state index contributed by atoms with van der Waals surface area (Å²) in [5, 5.41) is 2.42. The minimum Gasteiger partial charge on any atom is -0.322 e. The quantitative estimate of drug-likeness (QED) is 0.821. The van der Waals surface area contributed by atoms with Gasteiger partial charge in [0.1, 0.15) is 6.17 Å². The summed E-state index contributed by atoms with van der Waals surface area (Å²) in [6.45, 7) is 1.16. The van der Waals surface area contributed by atoms with E-state index in [1.54, 1.807) is 24.3 Å². The third kappa shape index (κ3) is 3.44. The minimum absolute atomic E-state index is 0.191. The molecule has 0 spiro atoms. The maximum atomic E-state index is 13.8. The predicted molar refractivity (Wildman–Crippen MR) is 78.0 cm³/mol. The molecule has 0 radical (unpaired) electrons. The molecule has 0 aliphatic carbocycles. The van der Waals surface area contributed by atoms with Gasteiger partial charge in [-0.15, -0.1) is 0 Å². The van der Waals surface area contributed by atoms with E-state index in [-0.39, 0.29) is 5.56 Å². The standard InChI is InChI=1S/C15H11BrF3NO/c1-8(17)11-6-7-12(18)14(19)13(11)15(21)20-10-4-2-9(16)3-5-10/h2-8H,1H3,(H,20,21)/t8-/m1/s1. The third-order valence-corrected chi connectivity index (χ3v) is 3.41. The van der Waals surface area contributed by atoms with Gasteiger partial charge in [0.25, 0.3) is 5.91 Å². The second-order valence-corrected chi connectivity index (χ2v) is 5.32. The van der Waals surface area contributed by atoms with E-state index >= 15 is 0 Å². The Morgan fingerprint density at radius 1 is 1.14 bits per heavy atom. The summed E-state index contributed by atoms with van der Waals surface area (Å²) in [6, 6.07) is 8.39. The zero-order valence-electron chi connectivity index (χ0n) is 11.0. The molecule has 21 heavy (non-hydrogen) atoms. The highest BCUT2D eigenvalue weighted by molar-refractivity contribution is 9.10. The maximum Gasteiger partial charge on any atom is 0.259 e. The van der Waals surface area contributed by atoms with Gasteiger partial charge in [-0.2, -0.15) is 0 Å². The molecule has 1 N–H and O–H groups in total. The molecule has 0 aliphatic rings. The minimum atomic E-state index is -1.59. The van der Waals surface area contributed by atoms with Gasteiger partial charge in [-0.1, -0.05) is 22.0 Å². The van der Waals surface area contributed by atoms with E-state index in [0.29, 0.717) is 5.69 Å². The number of hydrogen-bond donors (Lipinski definition) is 1. The number of amides is 1. The van der Waals surface area contributed by atoms with E-state index in [0.717, 1.165) is 23.5 Å². The fraction of sp³-hybridized carbons (Fsp3) is 0.133. The lowest BCUT2D eigenvalue weighted by Gasteiger charge is -2.12. The summed E-state index contributed by atoms with van der Waals surface area (Å²) in [4.78, 5) is 12.1. The normalized spacial score (nSPS) is 12.0. The molecule has 0 saturated carbocycles. The van der Waals surface area contributed by atoms with Crippen LogP contribution in [0.5, 0.6) is 0 Å². The molecule has 1 amide bonds. The Morgan fingerprint density at radius 2 is 1.76 bits per heavy atom. The third-order valence-electron chi connectivity index (χ3n) is 2.88. The first-order valence-corrected chi connectivity index (χ1v) is 6.88. The number of benzene rings is 2. The molecule has 6 heteroatoms. The van der Waals surface area contributed by atoms with Gasteiger partial charge in [-0.25, -0.2) is 13.2 Å². The fourth-order valence-corrected chi connectivity index (χ4v) is 2.12. The van der Waals surface area contributed by atoms with Crippen LogP contribution in [-0.2, 0) is 0 Å². The van der Waals surface area contributed by atoms with E-state index in [2.05, 4.69) is 21.2 Å². The number of nitrogens with one attached hydrogen (secondary N) is 1. The van der Waals surface area contributed by atoms with Crippen molar-refractivity contribution in [3.8, 4) is 0 Å². The van der Waals surface area contributed by atoms with Gasteiger partial charge in [-0.3, -0.25) is 4.79 Å². The van der Waals surface area contributed by atoms with E-state index in [1.165, 1.54) is 0 Å². The van der Waals surface area contributed by atoms with Crippen molar-refractivity contribution < 1.29 is 18.0 Å². The van der Waals surface area contributed by atoms with Crippen molar-refractivity contribution in [2.45, 2.75) is 13.1 Å². The maximum absolute atomic E-state index is 13.8. The van der Waals surface area contributed by atoms with Gasteiger partial charge in [0.15, 0.2) is 11.6 Å². The number of carbonyl (C=O) groups is 1. The molecule has 1 atom stereocenters. The number of carbonyl (C=O) groups excluding carboxylic acids is 1. The number of anilines is 1. The summed E-state index contributed by atoms with van der Waals surface area (Å²) in [5.74, 6) is -3.44. The van der Waals surface area contributed by atoms with Gasteiger partial charge >= 0.3 is 0 Å². The van der Waals surface area contributed by atoms with Crippen molar-refractivity contribution >= 4 is 27.5 Å². The van der Waals surface area contributed by atoms with Crippen LogP contribution in [0, 0.1) is 11.6 Å². The molecule has 0 aliphatic heterocycles. The molecule has 2 aromatic rings. The Kier molecular flexibility index (Phi) is 4.67. The Balaban J connectivity index is 2.38. The van der Waals surface area contributed by atoms with Gasteiger partial charge in [0.05, 0.1) is 5.56 Å². The second-order valence-electron chi connectivity index (χ2n) is 4.40. The highest BCUT2D eigenvalue weighted by Crippen LogP contribution is 2.26. The van der Waals surface area contributed by atoms with Crippen LogP contribution in [0.4, 0.5) is 18.9 Å². The van der Waals surface area contributed by atoms with Crippen LogP contribution in [-0.4, -0.2) is 5.91 Å². The van der Waals surface area contributed by atoms with E-state index in [1.807, 2.05) is 0 Å². The van der Waals surface area contributed by atoms with Gasteiger partial charge in [-0.05, 0) is 37.3 Å². The van der Waals surface area contributed by atoms with E-state index in [9.17, 15) is 18.0 Å². The zero-order valence-corrected chi connectivity index (χ0v) is 12.5. The Morgan fingerprint density at radius 3 is 2.33 bits per heavy atom. The molecular weight excluding hydrogens is 347 g/mol. The average Bonchev–Trinajstić information content (AvgIpc) is 2.43. The summed E-state index contributed by atoms with van der Waals surface area (Å²) in [7, 11) is 0. The van der Waals surface area contributed by atoms with Crippen LogP contribution in [0.25, 0.3) is 0 Å².